The first-order chi connectivity index (χ1) is 19.1. The molecule has 2 aromatic carbocycles. The van der Waals surface area contributed by atoms with Crippen LogP contribution in [-0.2, 0) is 6.18 Å². The predicted molar refractivity (Wildman–Crippen MR) is 138 cm³/mol. The average Bonchev–Trinajstić information content (AvgIpc) is 2.91. The van der Waals surface area contributed by atoms with Gasteiger partial charge in [-0.1, -0.05) is 0 Å². The number of carbonyl (C=O) groups is 1. The van der Waals surface area contributed by atoms with Crippen LogP contribution in [0.5, 0.6) is 11.5 Å². The molecular weight excluding hydrogens is 537 g/mol. The highest BCUT2D eigenvalue weighted by Crippen LogP contribution is 2.32. The Kier molecular flexibility index (Phi) is 7.34. The van der Waals surface area contributed by atoms with Crippen LogP contribution in [0.1, 0.15) is 5.56 Å². The van der Waals surface area contributed by atoms with Gasteiger partial charge in [-0.15, -0.1) is 0 Å². The van der Waals surface area contributed by atoms with Crippen LogP contribution >= 0.6 is 0 Å². The molecule has 14 heteroatoms. The van der Waals surface area contributed by atoms with Crippen LogP contribution in [0, 0.1) is 11.6 Å². The zero-order valence-corrected chi connectivity index (χ0v) is 21.0. The third-order valence-corrected chi connectivity index (χ3v) is 6.18. The summed E-state index contributed by atoms with van der Waals surface area (Å²) >= 11 is 0. The normalized spacial score (nSPS) is 14.3. The fraction of sp³-hybridized carbons (Fsp3) is 0.231. The molecule has 0 radical (unpaired) electrons. The Labute approximate surface area is 224 Å². The molecule has 2 aromatic heterocycles. The SMILES string of the molecule is CN1CCN(c2cnc3c(Oc4ccc(NC(=O)Nc5cc(C(F)(F)F)ccc5F)c(F)c4)ccnc3n2)CC1. The van der Waals surface area contributed by atoms with Crippen LogP contribution in [-0.4, -0.2) is 59.1 Å². The van der Waals surface area contributed by atoms with Gasteiger partial charge in [-0.05, 0) is 37.4 Å². The van der Waals surface area contributed by atoms with E-state index in [9.17, 15) is 26.7 Å². The number of pyridine rings is 1. The number of hydrogen-bond donors (Lipinski definition) is 2. The molecule has 2 amide bonds. The molecule has 1 fully saturated rings. The minimum absolute atomic E-state index is 0.0739. The molecule has 40 heavy (non-hydrogen) atoms. The maximum absolute atomic E-state index is 14.8. The summed E-state index contributed by atoms with van der Waals surface area (Å²) in [6, 6.07) is 5.52. The number of alkyl halides is 3. The summed E-state index contributed by atoms with van der Waals surface area (Å²) in [4.78, 5) is 29.9. The van der Waals surface area contributed by atoms with Crippen LogP contribution in [0.3, 0.4) is 0 Å². The van der Waals surface area contributed by atoms with E-state index in [1.54, 1.807) is 12.3 Å². The number of nitrogens with zero attached hydrogens (tertiary/aromatic N) is 5. The first-order valence-corrected chi connectivity index (χ1v) is 12.0. The molecule has 9 nitrogen and oxygen atoms in total. The lowest BCUT2D eigenvalue weighted by Gasteiger charge is -2.32. The molecule has 4 aromatic rings. The largest absolute Gasteiger partial charge is 0.455 e. The zero-order valence-electron chi connectivity index (χ0n) is 21.0. The summed E-state index contributed by atoms with van der Waals surface area (Å²) in [7, 11) is 2.05. The van der Waals surface area contributed by atoms with Crippen molar-refractivity contribution in [3.8, 4) is 11.5 Å². The molecule has 3 heterocycles. The first kappa shape index (κ1) is 27.0. The summed E-state index contributed by atoms with van der Waals surface area (Å²) in [6.07, 6.45) is -1.62. The number of piperazine rings is 1. The second-order valence-electron chi connectivity index (χ2n) is 9.02. The Balaban J connectivity index is 1.28. The molecule has 0 saturated carbocycles. The van der Waals surface area contributed by atoms with Crippen molar-refractivity contribution in [2.45, 2.75) is 6.18 Å². The van der Waals surface area contributed by atoms with Gasteiger partial charge in [-0.25, -0.2) is 28.5 Å². The summed E-state index contributed by atoms with van der Waals surface area (Å²) in [6.45, 7) is 3.41. The van der Waals surface area contributed by atoms with Crippen molar-refractivity contribution in [2.75, 3.05) is 48.8 Å². The third-order valence-electron chi connectivity index (χ3n) is 6.18. The van der Waals surface area contributed by atoms with Crippen LogP contribution in [0.4, 0.5) is 43.9 Å². The van der Waals surface area contributed by atoms with Crippen molar-refractivity contribution < 1.29 is 31.5 Å². The minimum Gasteiger partial charge on any atom is -0.455 e. The second-order valence-corrected chi connectivity index (χ2v) is 9.02. The number of hydrogen-bond acceptors (Lipinski definition) is 7. The number of aromatic nitrogens is 3. The van der Waals surface area contributed by atoms with E-state index in [1.165, 1.54) is 18.3 Å². The average molecular weight is 559 g/mol. The van der Waals surface area contributed by atoms with Gasteiger partial charge in [-0.3, -0.25) is 0 Å². The van der Waals surface area contributed by atoms with E-state index < -0.39 is 35.1 Å². The quantitative estimate of drug-likeness (QED) is 0.312. The van der Waals surface area contributed by atoms with E-state index >= 15 is 0 Å². The summed E-state index contributed by atoms with van der Waals surface area (Å²) in [5.74, 6) is -0.949. The second kappa shape index (κ2) is 10.9. The maximum Gasteiger partial charge on any atom is 0.416 e. The minimum atomic E-state index is -4.73. The molecule has 0 spiro atoms. The van der Waals surface area contributed by atoms with Gasteiger partial charge in [0, 0.05) is 44.5 Å². The smallest absolute Gasteiger partial charge is 0.416 e. The van der Waals surface area contributed by atoms with Gasteiger partial charge in [0.2, 0.25) is 0 Å². The fourth-order valence-corrected chi connectivity index (χ4v) is 4.02. The Bertz CT molecular complexity index is 1560. The van der Waals surface area contributed by atoms with Crippen molar-refractivity contribution in [2.24, 2.45) is 0 Å². The molecule has 0 bridgehead atoms. The van der Waals surface area contributed by atoms with Gasteiger partial charge >= 0.3 is 12.2 Å². The van der Waals surface area contributed by atoms with Crippen LogP contribution < -0.4 is 20.3 Å². The first-order valence-electron chi connectivity index (χ1n) is 12.0. The predicted octanol–water partition coefficient (Wildman–Crippen LogP) is 5.51. The lowest BCUT2D eigenvalue weighted by atomic mass is 10.2. The van der Waals surface area contributed by atoms with Crippen molar-refractivity contribution in [3.05, 3.63) is 72.1 Å². The molecule has 1 aliphatic rings. The van der Waals surface area contributed by atoms with Gasteiger partial charge < -0.3 is 25.2 Å². The molecule has 5 rings (SSSR count). The number of urea groups is 1. The number of halogens is 5. The zero-order chi connectivity index (χ0) is 28.4. The van der Waals surface area contributed by atoms with Crippen LogP contribution in [0.25, 0.3) is 11.2 Å². The number of nitrogens with one attached hydrogen (secondary N) is 2. The van der Waals surface area contributed by atoms with Gasteiger partial charge in [-0.2, -0.15) is 13.2 Å². The highest BCUT2D eigenvalue weighted by atomic mass is 19.4. The number of amides is 2. The number of anilines is 3. The van der Waals surface area contributed by atoms with Crippen molar-refractivity contribution >= 4 is 34.4 Å². The van der Waals surface area contributed by atoms with E-state index in [0.29, 0.717) is 35.2 Å². The number of benzene rings is 2. The van der Waals surface area contributed by atoms with Gasteiger partial charge in [0.05, 0.1) is 23.1 Å². The highest BCUT2D eigenvalue weighted by molar-refractivity contribution is 6.00. The van der Waals surface area contributed by atoms with E-state index in [1.807, 2.05) is 5.32 Å². The number of fused-ring (bicyclic) bond motifs is 1. The summed E-state index contributed by atoms with van der Waals surface area (Å²) < 4.78 is 73.2. The molecule has 2 N–H and O–H groups in total. The number of carbonyl (C=O) groups excluding carboxylic acids is 1. The van der Waals surface area contributed by atoms with E-state index in [2.05, 4.69) is 37.1 Å². The Morgan fingerprint density at radius 3 is 2.40 bits per heavy atom. The molecule has 0 aliphatic carbocycles. The maximum atomic E-state index is 14.8. The van der Waals surface area contributed by atoms with Crippen molar-refractivity contribution in [3.63, 3.8) is 0 Å². The van der Waals surface area contributed by atoms with Crippen LogP contribution in [0.15, 0.2) is 54.9 Å². The Morgan fingerprint density at radius 2 is 1.68 bits per heavy atom. The molecular formula is C26H22F5N7O2. The molecule has 208 valence electrons. The van der Waals surface area contributed by atoms with Crippen LogP contribution in [0.2, 0.25) is 0 Å². The van der Waals surface area contributed by atoms with E-state index in [-0.39, 0.29) is 17.2 Å². The van der Waals surface area contributed by atoms with Gasteiger partial charge in [0.25, 0.3) is 0 Å². The van der Waals surface area contributed by atoms with Gasteiger partial charge in [0.15, 0.2) is 16.9 Å². The third kappa shape index (κ3) is 6.01. The summed E-state index contributed by atoms with van der Waals surface area (Å²) in [5, 5.41) is 4.09. The monoisotopic (exact) mass is 559 g/mol. The van der Waals surface area contributed by atoms with E-state index in [4.69, 9.17) is 4.74 Å². The molecule has 0 unspecified atom stereocenters. The van der Waals surface area contributed by atoms with Crippen molar-refractivity contribution in [1.29, 1.82) is 0 Å². The lowest BCUT2D eigenvalue weighted by Crippen LogP contribution is -2.44. The fourth-order valence-electron chi connectivity index (χ4n) is 4.02. The van der Waals surface area contributed by atoms with Gasteiger partial charge in [0.1, 0.15) is 23.2 Å². The number of ether oxygens (including phenoxy) is 1. The van der Waals surface area contributed by atoms with E-state index in [0.717, 1.165) is 32.2 Å². The molecule has 0 atom stereocenters. The lowest BCUT2D eigenvalue weighted by molar-refractivity contribution is -0.137. The Morgan fingerprint density at radius 1 is 0.925 bits per heavy atom. The standard InChI is InChI=1S/C26H22F5N7O2/c1-37-8-10-38(11-9-37)22-14-33-23-21(6-7-32-24(23)36-22)40-16-3-5-19(18(28)13-16)34-25(39)35-20-12-15(26(29,30)31)2-4-17(20)27/h2-7,12-14H,8-11H2,1H3,(H2,34,35,39). The number of likely N-dealkylation sites (N-methyl/N-ethyl adjacent to an activating group) is 1. The topological polar surface area (TPSA) is 95.5 Å². The highest BCUT2D eigenvalue weighted by Gasteiger charge is 2.31. The summed E-state index contributed by atoms with van der Waals surface area (Å²) in [5.41, 5.74) is -1.46. The Hall–Kier alpha value is -4.59. The molecule has 1 aliphatic heterocycles. The molecule has 1 saturated heterocycles. The van der Waals surface area contributed by atoms with Crippen molar-refractivity contribution in [1.82, 2.24) is 19.9 Å². The number of rotatable bonds is 5.